The van der Waals surface area contributed by atoms with Crippen molar-refractivity contribution in [3.05, 3.63) is 35.4 Å². The zero-order valence-corrected chi connectivity index (χ0v) is 16.3. The van der Waals surface area contributed by atoms with Gasteiger partial charge in [0.2, 0.25) is 0 Å². The molecule has 0 aromatic heterocycles. The second-order valence-electron chi connectivity index (χ2n) is 7.15. The van der Waals surface area contributed by atoms with Gasteiger partial charge in [-0.2, -0.15) is 0 Å². The molecule has 1 heteroatoms. The highest BCUT2D eigenvalue weighted by Gasteiger charge is 2.12. The molecule has 0 aliphatic carbocycles. The zero-order chi connectivity index (χ0) is 17.6. The maximum Gasteiger partial charge on any atom is 0.162 e. The molecule has 0 bridgehead atoms. The number of carbonyl (C=O) groups excluding carboxylic acids is 1. The maximum atomic E-state index is 11.8. The summed E-state index contributed by atoms with van der Waals surface area (Å²) >= 11 is 0. The summed E-state index contributed by atoms with van der Waals surface area (Å²) < 4.78 is 0. The molecule has 1 aromatic rings. The van der Waals surface area contributed by atoms with Crippen molar-refractivity contribution < 1.29 is 4.79 Å². The van der Waals surface area contributed by atoms with Gasteiger partial charge in [0.05, 0.1) is 0 Å². The minimum Gasteiger partial charge on any atom is -0.294 e. The Kier molecular flexibility index (Phi) is 11.5. The number of benzene rings is 1. The van der Waals surface area contributed by atoms with Crippen LogP contribution >= 0.6 is 0 Å². The van der Waals surface area contributed by atoms with E-state index in [1.807, 2.05) is 19.1 Å². The topological polar surface area (TPSA) is 17.1 Å². The van der Waals surface area contributed by atoms with Gasteiger partial charge in [-0.25, -0.2) is 0 Å². The van der Waals surface area contributed by atoms with Gasteiger partial charge in [-0.3, -0.25) is 4.79 Å². The van der Waals surface area contributed by atoms with Crippen molar-refractivity contribution in [2.75, 3.05) is 0 Å². The number of ketones is 1. The summed E-state index contributed by atoms with van der Waals surface area (Å²) in [5.74, 6) is 0.921. The molecule has 0 N–H and O–H groups in total. The SMILES string of the molecule is CCCCCCCCCC(CCCC)c1ccc(C(=O)CC)cc1. The lowest BCUT2D eigenvalue weighted by Gasteiger charge is -2.17. The van der Waals surface area contributed by atoms with Crippen LogP contribution in [0.5, 0.6) is 0 Å². The van der Waals surface area contributed by atoms with E-state index in [2.05, 4.69) is 26.0 Å². The third-order valence-electron chi connectivity index (χ3n) is 5.09. The summed E-state index contributed by atoms with van der Waals surface area (Å²) in [4.78, 5) is 11.8. The fourth-order valence-corrected chi connectivity index (χ4v) is 3.42. The van der Waals surface area contributed by atoms with Crippen molar-refractivity contribution in [3.63, 3.8) is 0 Å². The Bertz CT molecular complexity index is 432. The van der Waals surface area contributed by atoms with E-state index in [1.165, 1.54) is 76.2 Å². The van der Waals surface area contributed by atoms with Gasteiger partial charge in [-0.1, -0.05) is 103 Å². The molecule has 0 spiro atoms. The molecular weight excluding hydrogens is 292 g/mol. The van der Waals surface area contributed by atoms with Crippen molar-refractivity contribution in [1.82, 2.24) is 0 Å². The third-order valence-corrected chi connectivity index (χ3v) is 5.09. The summed E-state index contributed by atoms with van der Waals surface area (Å²) in [6, 6.07) is 8.46. The summed E-state index contributed by atoms with van der Waals surface area (Å²) in [5.41, 5.74) is 2.30. The molecule has 24 heavy (non-hydrogen) atoms. The van der Waals surface area contributed by atoms with Crippen LogP contribution in [0.3, 0.4) is 0 Å². The normalized spacial score (nSPS) is 12.3. The number of Topliss-reactive ketones (excluding diaryl/α,β-unsaturated/α-hetero) is 1. The lowest BCUT2D eigenvalue weighted by molar-refractivity contribution is 0.0988. The third kappa shape index (κ3) is 8.13. The molecule has 0 saturated heterocycles. The zero-order valence-electron chi connectivity index (χ0n) is 16.3. The van der Waals surface area contributed by atoms with Gasteiger partial charge in [-0.15, -0.1) is 0 Å². The lowest BCUT2D eigenvalue weighted by atomic mass is 9.88. The van der Waals surface area contributed by atoms with E-state index in [-0.39, 0.29) is 5.78 Å². The van der Waals surface area contributed by atoms with Gasteiger partial charge < -0.3 is 0 Å². The number of hydrogen-bond acceptors (Lipinski definition) is 1. The van der Waals surface area contributed by atoms with Gasteiger partial charge in [-0.05, 0) is 24.3 Å². The fourth-order valence-electron chi connectivity index (χ4n) is 3.42. The molecule has 0 saturated carbocycles. The molecule has 1 rings (SSSR count). The van der Waals surface area contributed by atoms with E-state index >= 15 is 0 Å². The molecule has 0 fully saturated rings. The first-order valence-electron chi connectivity index (χ1n) is 10.4. The van der Waals surface area contributed by atoms with Gasteiger partial charge in [0.1, 0.15) is 0 Å². The lowest BCUT2D eigenvalue weighted by Crippen LogP contribution is -2.02. The molecular formula is C23H38O. The van der Waals surface area contributed by atoms with Crippen molar-refractivity contribution in [3.8, 4) is 0 Å². The molecule has 0 radical (unpaired) electrons. The van der Waals surface area contributed by atoms with Crippen LogP contribution in [0, 0.1) is 0 Å². The first kappa shape index (κ1) is 20.9. The Morgan fingerprint density at radius 3 is 1.88 bits per heavy atom. The van der Waals surface area contributed by atoms with Gasteiger partial charge >= 0.3 is 0 Å². The van der Waals surface area contributed by atoms with Crippen LogP contribution in [-0.2, 0) is 0 Å². The monoisotopic (exact) mass is 330 g/mol. The Morgan fingerprint density at radius 1 is 0.750 bits per heavy atom. The molecule has 1 unspecified atom stereocenters. The minimum absolute atomic E-state index is 0.249. The minimum atomic E-state index is 0.249. The van der Waals surface area contributed by atoms with Crippen LogP contribution in [0.1, 0.15) is 120 Å². The van der Waals surface area contributed by atoms with E-state index in [0.29, 0.717) is 12.3 Å². The summed E-state index contributed by atoms with van der Waals surface area (Å²) in [7, 11) is 0. The number of hydrogen-bond donors (Lipinski definition) is 0. The fraction of sp³-hybridized carbons (Fsp3) is 0.696. The van der Waals surface area contributed by atoms with Crippen molar-refractivity contribution in [1.29, 1.82) is 0 Å². The van der Waals surface area contributed by atoms with E-state index in [9.17, 15) is 4.79 Å². The smallest absolute Gasteiger partial charge is 0.162 e. The number of rotatable bonds is 14. The predicted octanol–water partition coefficient (Wildman–Crippen LogP) is 7.69. The molecule has 1 nitrogen and oxygen atoms in total. The van der Waals surface area contributed by atoms with E-state index in [0.717, 1.165) is 5.56 Å². The molecule has 0 heterocycles. The quantitative estimate of drug-likeness (QED) is 0.252. The summed E-state index contributed by atoms with van der Waals surface area (Å²) in [5, 5.41) is 0. The summed E-state index contributed by atoms with van der Waals surface area (Å²) in [6.45, 7) is 6.48. The van der Waals surface area contributed by atoms with Crippen LogP contribution in [0.15, 0.2) is 24.3 Å². The summed E-state index contributed by atoms with van der Waals surface area (Å²) in [6.07, 6.45) is 15.4. The highest BCUT2D eigenvalue weighted by atomic mass is 16.1. The van der Waals surface area contributed by atoms with E-state index < -0.39 is 0 Å². The molecule has 0 aliphatic heterocycles. The highest BCUT2D eigenvalue weighted by Crippen LogP contribution is 2.28. The van der Waals surface area contributed by atoms with Gasteiger partial charge in [0.15, 0.2) is 5.78 Å². The largest absolute Gasteiger partial charge is 0.294 e. The van der Waals surface area contributed by atoms with E-state index in [1.54, 1.807) is 0 Å². The Balaban J connectivity index is 2.47. The molecule has 1 atom stereocenters. The highest BCUT2D eigenvalue weighted by molar-refractivity contribution is 5.95. The van der Waals surface area contributed by atoms with Crippen LogP contribution in [0.4, 0.5) is 0 Å². The van der Waals surface area contributed by atoms with Gasteiger partial charge in [0, 0.05) is 12.0 Å². The molecule has 136 valence electrons. The molecule has 0 aliphatic rings. The maximum absolute atomic E-state index is 11.8. The predicted molar refractivity (Wildman–Crippen MR) is 106 cm³/mol. The molecule has 1 aromatic carbocycles. The van der Waals surface area contributed by atoms with Crippen molar-refractivity contribution in [2.45, 2.75) is 104 Å². The standard InChI is InChI=1S/C23H38O/c1-4-7-9-10-11-12-13-15-20(14-8-5-2)21-16-18-22(19-17-21)23(24)6-3/h16-20H,4-15H2,1-3H3. The van der Waals surface area contributed by atoms with Crippen LogP contribution < -0.4 is 0 Å². The Morgan fingerprint density at radius 2 is 1.29 bits per heavy atom. The first-order chi connectivity index (χ1) is 11.7. The van der Waals surface area contributed by atoms with Crippen molar-refractivity contribution >= 4 is 5.78 Å². The first-order valence-corrected chi connectivity index (χ1v) is 10.4. The average molecular weight is 331 g/mol. The van der Waals surface area contributed by atoms with Crippen molar-refractivity contribution in [2.24, 2.45) is 0 Å². The Hall–Kier alpha value is -1.11. The van der Waals surface area contributed by atoms with Crippen LogP contribution in [0.2, 0.25) is 0 Å². The second kappa shape index (κ2) is 13.2. The number of unbranched alkanes of at least 4 members (excludes halogenated alkanes) is 7. The van der Waals surface area contributed by atoms with Crippen LogP contribution in [-0.4, -0.2) is 5.78 Å². The van der Waals surface area contributed by atoms with Crippen LogP contribution in [0.25, 0.3) is 0 Å². The van der Waals surface area contributed by atoms with Gasteiger partial charge in [0.25, 0.3) is 0 Å². The molecule has 0 amide bonds. The second-order valence-corrected chi connectivity index (χ2v) is 7.15. The number of carbonyl (C=O) groups is 1. The average Bonchev–Trinajstić information content (AvgIpc) is 2.63. The Labute approximate surface area is 150 Å². The van der Waals surface area contributed by atoms with E-state index in [4.69, 9.17) is 0 Å².